The van der Waals surface area contributed by atoms with Crippen LogP contribution in [0.15, 0.2) is 17.3 Å². The summed E-state index contributed by atoms with van der Waals surface area (Å²) in [7, 11) is -3.46. The highest BCUT2D eigenvalue weighted by atomic mass is 32.2. The molecule has 0 aliphatic rings. The smallest absolute Gasteiger partial charge is 0.243 e. The molecule has 1 heterocycles. The molecule has 1 aromatic rings. The minimum absolute atomic E-state index is 0.0270. The number of rotatable bonds is 8. The number of aliphatic hydroxyl groups is 1. The molecule has 7 nitrogen and oxygen atoms in total. The monoisotopic (exact) mass is 249 g/mol. The van der Waals surface area contributed by atoms with Crippen LogP contribution in [0, 0.1) is 0 Å². The van der Waals surface area contributed by atoms with Gasteiger partial charge in [0.15, 0.2) is 0 Å². The third-order valence-electron chi connectivity index (χ3n) is 1.78. The fraction of sp³-hybridized carbons (Fsp3) is 0.625. The van der Waals surface area contributed by atoms with Crippen molar-refractivity contribution >= 4 is 10.0 Å². The van der Waals surface area contributed by atoms with Gasteiger partial charge in [-0.05, 0) is 6.42 Å². The maximum absolute atomic E-state index is 11.5. The molecule has 92 valence electrons. The second-order valence-electron chi connectivity index (χ2n) is 3.02. The molecule has 0 amide bonds. The van der Waals surface area contributed by atoms with E-state index in [1.54, 1.807) is 0 Å². The zero-order chi connectivity index (χ0) is 11.9. The van der Waals surface area contributed by atoms with Gasteiger partial charge in [-0.15, -0.1) is 0 Å². The molecule has 0 aliphatic heterocycles. The molecule has 3 N–H and O–H groups in total. The second kappa shape index (κ2) is 6.59. The van der Waals surface area contributed by atoms with Crippen molar-refractivity contribution in [2.75, 3.05) is 26.4 Å². The van der Waals surface area contributed by atoms with Crippen LogP contribution in [0.4, 0.5) is 0 Å². The van der Waals surface area contributed by atoms with Crippen molar-refractivity contribution in [2.24, 2.45) is 0 Å². The van der Waals surface area contributed by atoms with E-state index in [1.165, 1.54) is 12.4 Å². The van der Waals surface area contributed by atoms with E-state index in [-0.39, 0.29) is 18.1 Å². The Kier molecular flexibility index (Phi) is 5.39. The summed E-state index contributed by atoms with van der Waals surface area (Å²) in [5.41, 5.74) is 0. The second-order valence-corrected chi connectivity index (χ2v) is 4.79. The van der Waals surface area contributed by atoms with Crippen LogP contribution in [0.2, 0.25) is 0 Å². The number of aromatic amines is 1. The molecule has 0 radical (unpaired) electrons. The number of aromatic nitrogens is 2. The van der Waals surface area contributed by atoms with Crippen LogP contribution >= 0.6 is 0 Å². The summed E-state index contributed by atoms with van der Waals surface area (Å²) >= 11 is 0. The van der Waals surface area contributed by atoms with Gasteiger partial charge < -0.3 is 9.84 Å². The third kappa shape index (κ3) is 4.27. The Labute approximate surface area is 93.9 Å². The fourth-order valence-electron chi connectivity index (χ4n) is 1.02. The van der Waals surface area contributed by atoms with Gasteiger partial charge in [0.25, 0.3) is 0 Å². The fourth-order valence-corrected chi connectivity index (χ4v) is 2.00. The predicted molar refractivity (Wildman–Crippen MR) is 56.3 cm³/mol. The first-order valence-corrected chi connectivity index (χ1v) is 6.32. The molecule has 0 saturated carbocycles. The van der Waals surface area contributed by atoms with Crippen molar-refractivity contribution in [3.8, 4) is 0 Å². The number of ether oxygens (including phenoxy) is 1. The van der Waals surface area contributed by atoms with Crippen LogP contribution in [-0.4, -0.2) is 50.1 Å². The van der Waals surface area contributed by atoms with E-state index in [9.17, 15) is 8.42 Å². The first-order chi connectivity index (χ1) is 7.67. The van der Waals surface area contributed by atoms with Crippen molar-refractivity contribution in [3.63, 3.8) is 0 Å². The Morgan fingerprint density at radius 1 is 1.50 bits per heavy atom. The lowest BCUT2D eigenvalue weighted by Gasteiger charge is -2.04. The topological polar surface area (TPSA) is 104 Å². The average molecular weight is 249 g/mol. The molecule has 0 saturated heterocycles. The lowest BCUT2D eigenvalue weighted by Crippen LogP contribution is -2.25. The number of hydrogen-bond acceptors (Lipinski definition) is 5. The highest BCUT2D eigenvalue weighted by Gasteiger charge is 2.13. The minimum atomic E-state index is -3.46. The molecule has 0 unspecified atom stereocenters. The van der Waals surface area contributed by atoms with E-state index in [0.717, 1.165) is 0 Å². The number of nitrogens with zero attached hydrogens (tertiary/aromatic N) is 1. The number of sulfonamides is 1. The number of hydrogen-bond donors (Lipinski definition) is 3. The van der Waals surface area contributed by atoms with E-state index < -0.39 is 10.0 Å². The average Bonchev–Trinajstić information content (AvgIpc) is 2.77. The maximum Gasteiger partial charge on any atom is 0.243 e. The molecule has 0 atom stereocenters. The molecule has 0 fully saturated rings. The summed E-state index contributed by atoms with van der Waals surface area (Å²) in [6, 6.07) is 0. The molecule has 0 aliphatic carbocycles. The zero-order valence-corrected chi connectivity index (χ0v) is 9.53. The summed E-state index contributed by atoms with van der Waals surface area (Å²) in [6.07, 6.45) is 3.10. The normalized spacial score (nSPS) is 11.8. The zero-order valence-electron chi connectivity index (χ0n) is 8.72. The van der Waals surface area contributed by atoms with Gasteiger partial charge in [0.05, 0.1) is 19.4 Å². The van der Waals surface area contributed by atoms with Gasteiger partial charge in [0.2, 0.25) is 10.0 Å². The van der Waals surface area contributed by atoms with Crippen LogP contribution < -0.4 is 4.72 Å². The Morgan fingerprint density at radius 3 is 2.94 bits per heavy atom. The lowest BCUT2D eigenvalue weighted by atomic mass is 10.5. The van der Waals surface area contributed by atoms with E-state index in [2.05, 4.69) is 14.9 Å². The predicted octanol–water partition coefficient (Wildman–Crippen LogP) is -0.913. The molecule has 1 rings (SSSR count). The first kappa shape index (κ1) is 13.1. The molecule has 1 aromatic heterocycles. The molecular weight excluding hydrogens is 234 g/mol. The first-order valence-electron chi connectivity index (χ1n) is 4.84. The van der Waals surface area contributed by atoms with Gasteiger partial charge in [-0.1, -0.05) is 0 Å². The SMILES string of the molecule is O=S(=O)(NCCCOCCO)c1cn[nH]c1. The Hall–Kier alpha value is -0.960. The van der Waals surface area contributed by atoms with Crippen molar-refractivity contribution in [1.82, 2.24) is 14.9 Å². The Balaban J connectivity index is 2.22. The number of H-pyrrole nitrogens is 1. The summed E-state index contributed by atoms with van der Waals surface area (Å²) < 4.78 is 30.5. The van der Waals surface area contributed by atoms with Crippen molar-refractivity contribution < 1.29 is 18.3 Å². The summed E-state index contributed by atoms with van der Waals surface area (Å²) in [6.45, 7) is 0.947. The Morgan fingerprint density at radius 2 is 2.31 bits per heavy atom. The standard InChI is InChI=1S/C8H15N3O4S/c12-3-5-15-4-1-2-11-16(13,14)8-6-9-10-7-8/h6-7,11-12H,1-5H2,(H,9,10). The van der Waals surface area contributed by atoms with Gasteiger partial charge >= 0.3 is 0 Å². The molecule has 0 spiro atoms. The molecule has 0 aromatic carbocycles. The van der Waals surface area contributed by atoms with E-state index in [0.29, 0.717) is 19.6 Å². The molecule has 8 heteroatoms. The molecular formula is C8H15N3O4S. The number of nitrogens with one attached hydrogen (secondary N) is 2. The van der Waals surface area contributed by atoms with Gasteiger partial charge in [0, 0.05) is 19.3 Å². The summed E-state index contributed by atoms with van der Waals surface area (Å²) in [5.74, 6) is 0. The highest BCUT2D eigenvalue weighted by molar-refractivity contribution is 7.89. The van der Waals surface area contributed by atoms with Crippen LogP contribution in [-0.2, 0) is 14.8 Å². The lowest BCUT2D eigenvalue weighted by molar-refractivity contribution is 0.0913. The summed E-state index contributed by atoms with van der Waals surface area (Å²) in [4.78, 5) is 0.115. The highest BCUT2D eigenvalue weighted by Crippen LogP contribution is 2.03. The Bertz CT molecular complexity index is 376. The van der Waals surface area contributed by atoms with Gasteiger partial charge in [-0.3, -0.25) is 5.10 Å². The largest absolute Gasteiger partial charge is 0.394 e. The van der Waals surface area contributed by atoms with Crippen LogP contribution in [0.5, 0.6) is 0 Å². The van der Waals surface area contributed by atoms with E-state index >= 15 is 0 Å². The third-order valence-corrected chi connectivity index (χ3v) is 3.20. The van der Waals surface area contributed by atoms with Crippen molar-refractivity contribution in [1.29, 1.82) is 0 Å². The molecule has 0 bridgehead atoms. The van der Waals surface area contributed by atoms with Crippen LogP contribution in [0.1, 0.15) is 6.42 Å². The van der Waals surface area contributed by atoms with Crippen LogP contribution in [0.25, 0.3) is 0 Å². The van der Waals surface area contributed by atoms with Gasteiger partial charge in [0.1, 0.15) is 4.90 Å². The minimum Gasteiger partial charge on any atom is -0.394 e. The van der Waals surface area contributed by atoms with Crippen LogP contribution in [0.3, 0.4) is 0 Å². The van der Waals surface area contributed by atoms with Crippen molar-refractivity contribution in [2.45, 2.75) is 11.3 Å². The van der Waals surface area contributed by atoms with Gasteiger partial charge in [-0.25, -0.2) is 13.1 Å². The van der Waals surface area contributed by atoms with E-state index in [4.69, 9.17) is 9.84 Å². The number of aliphatic hydroxyl groups excluding tert-OH is 1. The quantitative estimate of drug-likeness (QED) is 0.517. The van der Waals surface area contributed by atoms with Crippen molar-refractivity contribution in [3.05, 3.63) is 12.4 Å². The van der Waals surface area contributed by atoms with Gasteiger partial charge in [-0.2, -0.15) is 5.10 Å². The maximum atomic E-state index is 11.5. The molecule has 16 heavy (non-hydrogen) atoms. The summed E-state index contributed by atoms with van der Waals surface area (Å²) in [5, 5.41) is 14.4. The van der Waals surface area contributed by atoms with E-state index in [1.807, 2.05) is 0 Å².